The van der Waals surface area contributed by atoms with Gasteiger partial charge in [-0.15, -0.1) is 0 Å². The summed E-state index contributed by atoms with van der Waals surface area (Å²) in [7, 11) is 0. The van der Waals surface area contributed by atoms with E-state index >= 15 is 0 Å². The molecule has 2 aromatic carbocycles. The molecule has 7 nitrogen and oxygen atoms in total. The predicted molar refractivity (Wildman–Crippen MR) is 171 cm³/mol. The summed E-state index contributed by atoms with van der Waals surface area (Å²) in [5, 5.41) is 31.4. The molecule has 39 heavy (non-hydrogen) atoms. The Morgan fingerprint density at radius 2 is 1.87 bits per heavy atom. The van der Waals surface area contributed by atoms with Gasteiger partial charge in [-0.2, -0.15) is 10.4 Å². The second-order valence-corrected chi connectivity index (χ2v) is 12.8. The van der Waals surface area contributed by atoms with Crippen LogP contribution in [0.25, 0.3) is 0 Å². The summed E-state index contributed by atoms with van der Waals surface area (Å²) < 4.78 is 3.31. The van der Waals surface area contributed by atoms with Crippen molar-refractivity contribution < 1.29 is 9.90 Å². The molecule has 4 atom stereocenters. The third-order valence-electron chi connectivity index (χ3n) is 7.31. The molecule has 3 N–H and O–H groups in total. The Kier molecular flexibility index (Phi) is 9.73. The van der Waals surface area contributed by atoms with Crippen LogP contribution in [0.4, 0.5) is 5.82 Å². The summed E-state index contributed by atoms with van der Waals surface area (Å²) in [6.45, 7) is 6.82. The third kappa shape index (κ3) is 6.50. The van der Waals surface area contributed by atoms with Crippen molar-refractivity contribution in [1.29, 1.82) is 5.26 Å². The van der Waals surface area contributed by atoms with E-state index in [1.54, 1.807) is 16.9 Å². The number of hydrogen-bond donors (Lipinski definition) is 3. The fourth-order valence-corrected chi connectivity index (χ4v) is 6.61. The molecule has 4 rings (SSSR count). The molecule has 1 amide bonds. The number of nitrogens with zero attached hydrogens (tertiary/aromatic N) is 3. The normalized spacial score (nSPS) is 22.9. The summed E-state index contributed by atoms with van der Waals surface area (Å²) in [5.41, 5.74) is 3.19. The minimum atomic E-state index is -0.973. The van der Waals surface area contributed by atoms with Crippen LogP contribution in [0.3, 0.4) is 0 Å². The Labute approximate surface area is 258 Å². The predicted octanol–water partition coefficient (Wildman–Crippen LogP) is 5.71. The van der Waals surface area contributed by atoms with E-state index in [1.165, 1.54) is 5.56 Å². The molecule has 1 saturated heterocycles. The lowest BCUT2D eigenvalue weighted by atomic mass is 9.63. The van der Waals surface area contributed by atoms with Crippen molar-refractivity contribution in [2.75, 3.05) is 11.9 Å². The molecule has 0 unspecified atom stereocenters. The Balaban J connectivity index is 1.86. The minimum absolute atomic E-state index is 0.0377. The highest BCUT2D eigenvalue weighted by molar-refractivity contribution is 14.1. The Hall–Kier alpha value is -2.01. The van der Waals surface area contributed by atoms with E-state index in [2.05, 4.69) is 124 Å². The summed E-state index contributed by atoms with van der Waals surface area (Å²) in [6, 6.07) is 20.2. The fourth-order valence-electron chi connectivity index (χ4n) is 5.63. The number of aliphatic hydroxyl groups is 1. The van der Waals surface area contributed by atoms with Crippen LogP contribution in [0.5, 0.6) is 0 Å². The lowest BCUT2D eigenvalue weighted by Crippen LogP contribution is -2.44. The monoisotopic (exact) mass is 751 g/mol. The molecular formula is C30H35I2N5O2. The summed E-state index contributed by atoms with van der Waals surface area (Å²) in [6.07, 6.45) is 2.44. The van der Waals surface area contributed by atoms with Gasteiger partial charge in [-0.3, -0.25) is 9.48 Å². The number of aliphatic hydroxyl groups excluding tert-OH is 1. The van der Waals surface area contributed by atoms with Crippen LogP contribution < -0.4 is 10.6 Å². The maximum Gasteiger partial charge on any atom is 0.243 e. The number of carbonyl (C=O) groups is 1. The molecule has 1 aliphatic rings. The standard InChI is InChI=1S/C30H35I2N5O2/c1-29(2,3)16-24-30(19-33,23-9-7-20(17-31)8-10-23)26(22-6-4-5-21(15-22)18-32)27(34-24)28(39)35-25-11-12-37(36-25)13-14-38/h4-12,15,24,26-27,34,38H,13-14,16-18H2,1-3H3,(H,35,36,39)/t24-,26-,27+,30-/m0/s1. The van der Waals surface area contributed by atoms with E-state index < -0.39 is 17.4 Å². The lowest BCUT2D eigenvalue weighted by Gasteiger charge is -2.37. The number of nitrogens with one attached hydrogen (secondary N) is 2. The van der Waals surface area contributed by atoms with Crippen LogP contribution in [0.1, 0.15) is 55.4 Å². The zero-order valence-electron chi connectivity index (χ0n) is 22.5. The molecule has 9 heteroatoms. The van der Waals surface area contributed by atoms with Crippen LogP contribution in [-0.2, 0) is 25.6 Å². The maximum absolute atomic E-state index is 14.0. The van der Waals surface area contributed by atoms with E-state index in [9.17, 15) is 15.2 Å². The number of amides is 1. The average Bonchev–Trinajstić information content (AvgIpc) is 3.50. The van der Waals surface area contributed by atoms with Gasteiger partial charge >= 0.3 is 0 Å². The molecule has 0 spiro atoms. The molecule has 3 aromatic rings. The van der Waals surface area contributed by atoms with Crippen molar-refractivity contribution in [2.45, 2.75) is 66.0 Å². The first-order valence-electron chi connectivity index (χ1n) is 13.1. The van der Waals surface area contributed by atoms with Gasteiger partial charge in [0.05, 0.1) is 25.3 Å². The first kappa shape index (κ1) is 30.0. The van der Waals surface area contributed by atoms with Crippen molar-refractivity contribution in [1.82, 2.24) is 15.1 Å². The van der Waals surface area contributed by atoms with Crippen LogP contribution in [0, 0.1) is 16.7 Å². The van der Waals surface area contributed by atoms with Crippen LogP contribution in [0.2, 0.25) is 0 Å². The smallest absolute Gasteiger partial charge is 0.243 e. The van der Waals surface area contributed by atoms with Crippen molar-refractivity contribution in [3.05, 3.63) is 83.0 Å². The molecule has 0 saturated carbocycles. The highest BCUT2D eigenvalue weighted by atomic mass is 127. The minimum Gasteiger partial charge on any atom is -0.394 e. The maximum atomic E-state index is 14.0. The Morgan fingerprint density at radius 1 is 1.15 bits per heavy atom. The number of hydrogen-bond acceptors (Lipinski definition) is 5. The van der Waals surface area contributed by atoms with Crippen molar-refractivity contribution in [3.8, 4) is 6.07 Å². The van der Waals surface area contributed by atoms with E-state index in [0.29, 0.717) is 18.8 Å². The van der Waals surface area contributed by atoms with E-state index in [4.69, 9.17) is 0 Å². The lowest BCUT2D eigenvalue weighted by molar-refractivity contribution is -0.118. The Bertz CT molecular complexity index is 1330. The number of alkyl halides is 2. The van der Waals surface area contributed by atoms with E-state index in [0.717, 1.165) is 25.5 Å². The van der Waals surface area contributed by atoms with Crippen LogP contribution in [0.15, 0.2) is 60.8 Å². The van der Waals surface area contributed by atoms with Gasteiger partial charge in [-0.1, -0.05) is 114 Å². The molecule has 1 aliphatic heterocycles. The highest BCUT2D eigenvalue weighted by Crippen LogP contribution is 2.51. The topological polar surface area (TPSA) is 103 Å². The summed E-state index contributed by atoms with van der Waals surface area (Å²) >= 11 is 4.69. The van der Waals surface area contributed by atoms with Crippen LogP contribution in [-0.4, -0.2) is 39.5 Å². The first-order valence-corrected chi connectivity index (χ1v) is 16.1. The molecule has 0 aliphatic carbocycles. The zero-order valence-corrected chi connectivity index (χ0v) is 26.8. The largest absolute Gasteiger partial charge is 0.394 e. The molecule has 206 valence electrons. The van der Waals surface area contributed by atoms with Gasteiger partial charge in [0.15, 0.2) is 5.82 Å². The van der Waals surface area contributed by atoms with Crippen molar-refractivity contribution in [3.63, 3.8) is 0 Å². The third-order valence-corrected chi connectivity index (χ3v) is 9.07. The molecule has 2 heterocycles. The van der Waals surface area contributed by atoms with Crippen molar-refractivity contribution >= 4 is 56.9 Å². The Morgan fingerprint density at radius 3 is 2.49 bits per heavy atom. The van der Waals surface area contributed by atoms with Gasteiger partial charge < -0.3 is 15.7 Å². The summed E-state index contributed by atoms with van der Waals surface area (Å²) in [5.74, 6) is -0.236. The van der Waals surface area contributed by atoms with Crippen molar-refractivity contribution in [2.24, 2.45) is 5.41 Å². The zero-order chi connectivity index (χ0) is 28.2. The van der Waals surface area contributed by atoms with Gasteiger partial charge in [0.25, 0.3) is 0 Å². The number of carbonyl (C=O) groups excluding carboxylic acids is 1. The number of benzene rings is 2. The number of halogens is 2. The summed E-state index contributed by atoms with van der Waals surface area (Å²) in [4.78, 5) is 14.0. The molecule has 0 bridgehead atoms. The highest BCUT2D eigenvalue weighted by Gasteiger charge is 2.59. The number of anilines is 1. The number of nitriles is 1. The van der Waals surface area contributed by atoms with Gasteiger partial charge in [0.1, 0.15) is 5.41 Å². The van der Waals surface area contributed by atoms with Gasteiger partial charge in [-0.25, -0.2) is 0 Å². The quantitative estimate of drug-likeness (QED) is 0.192. The van der Waals surface area contributed by atoms with Crippen LogP contribution >= 0.6 is 45.2 Å². The fraction of sp³-hybridized carbons (Fsp3) is 0.433. The second kappa shape index (κ2) is 12.7. The number of rotatable bonds is 9. The average molecular weight is 751 g/mol. The van der Waals surface area contributed by atoms with E-state index in [-0.39, 0.29) is 24.0 Å². The second-order valence-electron chi connectivity index (χ2n) is 11.3. The van der Waals surface area contributed by atoms with Gasteiger partial charge in [0, 0.05) is 33.1 Å². The van der Waals surface area contributed by atoms with Gasteiger partial charge in [0.2, 0.25) is 5.91 Å². The molecule has 0 radical (unpaired) electrons. The molecule has 1 aromatic heterocycles. The van der Waals surface area contributed by atoms with E-state index in [1.807, 2.05) is 12.1 Å². The molecular weight excluding hydrogens is 716 g/mol. The molecule has 1 fully saturated rings. The van der Waals surface area contributed by atoms with Gasteiger partial charge in [-0.05, 0) is 34.1 Å². The first-order chi connectivity index (χ1) is 18.6. The SMILES string of the molecule is CC(C)(C)C[C@@H]1N[C@@H](C(=O)Nc2ccn(CCO)n2)[C@H](c2cccc(CI)c2)[C@@]1(C#N)c1ccc(CI)cc1. The number of aromatic nitrogens is 2.